The molecule has 7 heteroatoms. The van der Waals surface area contributed by atoms with E-state index in [1.54, 1.807) is 6.07 Å². The zero-order chi connectivity index (χ0) is 18.0. The largest absolute Gasteiger partial charge is 0.440 e. The van der Waals surface area contributed by atoms with Gasteiger partial charge in [-0.1, -0.05) is 30.3 Å². The van der Waals surface area contributed by atoms with Gasteiger partial charge >= 0.3 is 0 Å². The molecule has 1 saturated heterocycles. The summed E-state index contributed by atoms with van der Waals surface area (Å²) in [6.45, 7) is 1.02. The molecule has 0 saturated carbocycles. The molecule has 3 N–H and O–H groups in total. The quantitative estimate of drug-likeness (QED) is 0.716. The molecule has 1 fully saturated rings. The number of amides is 1. The van der Waals surface area contributed by atoms with Crippen LogP contribution in [0.25, 0.3) is 11.1 Å². The molecule has 0 aliphatic carbocycles. The van der Waals surface area contributed by atoms with Gasteiger partial charge in [-0.15, -0.1) is 12.4 Å². The number of anilines is 1. The summed E-state index contributed by atoms with van der Waals surface area (Å²) in [7, 11) is 0. The highest BCUT2D eigenvalue weighted by Crippen LogP contribution is 2.24. The third-order valence-corrected chi connectivity index (χ3v) is 4.73. The Kier molecular flexibility index (Phi) is 5.79. The summed E-state index contributed by atoms with van der Waals surface area (Å²) in [5, 5.41) is 2.90. The fraction of sp³-hybridized carbons (Fsp3) is 0.300. The highest BCUT2D eigenvalue weighted by Gasteiger charge is 2.35. The molecule has 1 aliphatic heterocycles. The topological polar surface area (TPSA) is 90.4 Å². The van der Waals surface area contributed by atoms with Crippen molar-refractivity contribution in [3.63, 3.8) is 0 Å². The number of nitrogens with two attached hydrogens (primary N) is 1. The fourth-order valence-corrected chi connectivity index (χ4v) is 3.11. The second-order valence-electron chi connectivity index (χ2n) is 6.68. The first-order valence-corrected chi connectivity index (χ1v) is 8.74. The van der Waals surface area contributed by atoms with E-state index < -0.39 is 5.54 Å². The van der Waals surface area contributed by atoms with E-state index in [4.69, 9.17) is 14.9 Å². The van der Waals surface area contributed by atoms with Gasteiger partial charge in [0.15, 0.2) is 11.5 Å². The molecule has 27 heavy (non-hydrogen) atoms. The van der Waals surface area contributed by atoms with Gasteiger partial charge in [-0.05, 0) is 30.5 Å². The summed E-state index contributed by atoms with van der Waals surface area (Å²) < 4.78 is 11.1. The molecular weight excluding hydrogens is 366 g/mol. The third kappa shape index (κ3) is 4.30. The highest BCUT2D eigenvalue weighted by atomic mass is 35.5. The molecule has 1 aliphatic rings. The molecule has 0 bridgehead atoms. The number of hydrogen-bond donors (Lipinski definition) is 2. The minimum Gasteiger partial charge on any atom is -0.440 e. The number of fused-ring (bicyclic) bond motifs is 1. The Morgan fingerprint density at radius 1 is 1.15 bits per heavy atom. The van der Waals surface area contributed by atoms with Crippen molar-refractivity contribution in [1.82, 2.24) is 4.98 Å². The minimum absolute atomic E-state index is 0. The van der Waals surface area contributed by atoms with E-state index in [9.17, 15) is 4.79 Å². The minimum atomic E-state index is -0.882. The number of rotatable bonds is 4. The van der Waals surface area contributed by atoms with Crippen molar-refractivity contribution in [1.29, 1.82) is 0 Å². The van der Waals surface area contributed by atoms with Crippen LogP contribution in [0.15, 0.2) is 52.9 Å². The molecule has 6 nitrogen and oxygen atoms in total. The SMILES string of the molecule is Cl.NC1(C(=O)Nc2ccc3nc(Cc4ccccc4)oc3c2)CCOCC1. The highest BCUT2D eigenvalue weighted by molar-refractivity contribution is 5.99. The van der Waals surface area contributed by atoms with Crippen LogP contribution in [0.5, 0.6) is 0 Å². The summed E-state index contributed by atoms with van der Waals surface area (Å²) in [4.78, 5) is 17.0. The van der Waals surface area contributed by atoms with Crippen molar-refractivity contribution < 1.29 is 13.9 Å². The number of oxazole rings is 1. The maximum Gasteiger partial charge on any atom is 0.244 e. The van der Waals surface area contributed by atoms with E-state index in [2.05, 4.69) is 10.3 Å². The maximum atomic E-state index is 12.5. The smallest absolute Gasteiger partial charge is 0.244 e. The first-order chi connectivity index (χ1) is 12.6. The lowest BCUT2D eigenvalue weighted by Gasteiger charge is -2.31. The Morgan fingerprint density at radius 2 is 1.89 bits per heavy atom. The number of benzene rings is 2. The number of nitrogens with zero attached hydrogens (tertiary/aromatic N) is 1. The third-order valence-electron chi connectivity index (χ3n) is 4.73. The average Bonchev–Trinajstić information content (AvgIpc) is 3.04. The standard InChI is InChI=1S/C20H21N3O3.ClH/c21-20(8-10-25-11-9-20)19(24)22-15-6-7-16-17(13-15)26-18(23-16)12-14-4-2-1-3-5-14;/h1-7,13H,8-12,21H2,(H,22,24);1H. The zero-order valence-corrected chi connectivity index (χ0v) is 15.6. The molecule has 4 rings (SSSR count). The monoisotopic (exact) mass is 387 g/mol. The van der Waals surface area contributed by atoms with E-state index in [1.807, 2.05) is 42.5 Å². The summed E-state index contributed by atoms with van der Waals surface area (Å²) in [5.41, 5.74) is 8.54. The van der Waals surface area contributed by atoms with Crippen molar-refractivity contribution >= 4 is 35.1 Å². The second kappa shape index (κ2) is 8.08. The molecule has 3 aromatic rings. The number of carbonyl (C=O) groups excluding carboxylic acids is 1. The lowest BCUT2D eigenvalue weighted by atomic mass is 9.90. The summed E-state index contributed by atoms with van der Waals surface area (Å²) in [6, 6.07) is 15.5. The van der Waals surface area contributed by atoms with Crippen LogP contribution < -0.4 is 11.1 Å². The normalized spacial score (nSPS) is 15.9. The van der Waals surface area contributed by atoms with Gasteiger partial charge in [0.1, 0.15) is 11.1 Å². The first kappa shape index (κ1) is 19.4. The first-order valence-electron chi connectivity index (χ1n) is 8.74. The van der Waals surface area contributed by atoms with Gasteiger partial charge in [-0.3, -0.25) is 4.79 Å². The van der Waals surface area contributed by atoms with Crippen molar-refractivity contribution in [3.05, 3.63) is 60.0 Å². The summed E-state index contributed by atoms with van der Waals surface area (Å²) in [6.07, 6.45) is 1.67. The number of carbonyl (C=O) groups is 1. The molecule has 0 radical (unpaired) electrons. The van der Waals surface area contributed by atoms with Crippen LogP contribution in [0.3, 0.4) is 0 Å². The molecule has 0 unspecified atom stereocenters. The number of aromatic nitrogens is 1. The molecule has 1 aromatic heterocycles. The van der Waals surface area contributed by atoms with Crippen molar-refractivity contribution in [3.8, 4) is 0 Å². The maximum absolute atomic E-state index is 12.5. The lowest BCUT2D eigenvalue weighted by Crippen LogP contribution is -2.54. The molecule has 2 heterocycles. The van der Waals surface area contributed by atoms with Crippen LogP contribution in [-0.4, -0.2) is 29.6 Å². The fourth-order valence-electron chi connectivity index (χ4n) is 3.11. The average molecular weight is 388 g/mol. The van der Waals surface area contributed by atoms with E-state index in [-0.39, 0.29) is 18.3 Å². The van der Waals surface area contributed by atoms with Gasteiger partial charge in [0, 0.05) is 31.4 Å². The van der Waals surface area contributed by atoms with Crippen LogP contribution in [0, 0.1) is 0 Å². The molecule has 0 atom stereocenters. The molecule has 1 amide bonds. The Labute approximate surface area is 163 Å². The van der Waals surface area contributed by atoms with Crippen LogP contribution >= 0.6 is 12.4 Å². The Bertz CT molecular complexity index is 921. The summed E-state index contributed by atoms with van der Waals surface area (Å²) in [5.74, 6) is 0.457. The molecule has 2 aromatic carbocycles. The predicted octanol–water partition coefficient (Wildman–Crippen LogP) is 3.29. The van der Waals surface area contributed by atoms with Gasteiger partial charge in [-0.25, -0.2) is 4.98 Å². The summed E-state index contributed by atoms with van der Waals surface area (Å²) >= 11 is 0. The van der Waals surface area contributed by atoms with Crippen molar-refractivity contribution in [2.45, 2.75) is 24.8 Å². The van der Waals surface area contributed by atoms with Crippen LogP contribution in [0.4, 0.5) is 5.69 Å². The number of ether oxygens (including phenoxy) is 1. The Hall–Kier alpha value is -2.41. The number of hydrogen-bond acceptors (Lipinski definition) is 5. The van der Waals surface area contributed by atoms with Crippen molar-refractivity contribution in [2.24, 2.45) is 5.73 Å². The van der Waals surface area contributed by atoms with E-state index in [1.165, 1.54) is 0 Å². The van der Waals surface area contributed by atoms with Crippen molar-refractivity contribution in [2.75, 3.05) is 18.5 Å². The molecule has 142 valence electrons. The Balaban J connectivity index is 0.00000210. The molecular formula is C20H22ClN3O3. The van der Waals surface area contributed by atoms with E-state index >= 15 is 0 Å². The lowest BCUT2D eigenvalue weighted by molar-refractivity contribution is -0.124. The van der Waals surface area contributed by atoms with Gasteiger partial charge in [-0.2, -0.15) is 0 Å². The predicted molar refractivity (Wildman–Crippen MR) is 106 cm³/mol. The van der Waals surface area contributed by atoms with Crippen LogP contribution in [0.2, 0.25) is 0 Å². The van der Waals surface area contributed by atoms with Gasteiger partial charge in [0.25, 0.3) is 0 Å². The van der Waals surface area contributed by atoms with Crippen LogP contribution in [0.1, 0.15) is 24.3 Å². The van der Waals surface area contributed by atoms with E-state index in [0.717, 1.165) is 11.1 Å². The molecule has 0 spiro atoms. The van der Waals surface area contributed by atoms with E-state index in [0.29, 0.717) is 49.6 Å². The van der Waals surface area contributed by atoms with Crippen LogP contribution in [-0.2, 0) is 16.0 Å². The second-order valence-corrected chi connectivity index (χ2v) is 6.68. The van der Waals surface area contributed by atoms with Gasteiger partial charge in [0.2, 0.25) is 5.91 Å². The zero-order valence-electron chi connectivity index (χ0n) is 14.8. The number of nitrogens with one attached hydrogen (secondary N) is 1. The Morgan fingerprint density at radius 3 is 2.63 bits per heavy atom. The van der Waals surface area contributed by atoms with Gasteiger partial charge in [0.05, 0.1) is 0 Å². The van der Waals surface area contributed by atoms with Gasteiger partial charge < -0.3 is 20.2 Å². The number of halogens is 1.